The zero-order valence-electron chi connectivity index (χ0n) is 9.79. The number of benzene rings is 1. The lowest BCUT2D eigenvalue weighted by atomic mass is 9.97. The molecule has 0 amide bonds. The summed E-state index contributed by atoms with van der Waals surface area (Å²) < 4.78 is 0. The fourth-order valence-corrected chi connectivity index (χ4v) is 2.11. The van der Waals surface area contributed by atoms with Crippen LogP contribution in [0.4, 0.5) is 0 Å². The molecule has 2 rings (SSSR count). The quantitative estimate of drug-likeness (QED) is 0.591. The second-order valence-corrected chi connectivity index (χ2v) is 3.75. The lowest BCUT2D eigenvalue weighted by molar-refractivity contribution is 0.723. The maximum atomic E-state index is 5.30. The zero-order chi connectivity index (χ0) is 11.1. The summed E-state index contributed by atoms with van der Waals surface area (Å²) in [6.07, 6.45) is 10.8. The Balaban J connectivity index is 0.000000531. The normalized spacial score (nSPS) is 15.3. The van der Waals surface area contributed by atoms with Crippen LogP contribution in [0.1, 0.15) is 56.6 Å². The van der Waals surface area contributed by atoms with Crippen molar-refractivity contribution in [3.63, 3.8) is 0 Å². The van der Waals surface area contributed by atoms with Crippen molar-refractivity contribution >= 4 is 0 Å². The first-order valence-electron chi connectivity index (χ1n) is 5.97. The van der Waals surface area contributed by atoms with E-state index in [0.717, 1.165) is 11.5 Å². The van der Waals surface area contributed by atoms with Crippen molar-refractivity contribution in [2.24, 2.45) is 0 Å². The van der Waals surface area contributed by atoms with Gasteiger partial charge in [0.05, 0.1) is 0 Å². The van der Waals surface area contributed by atoms with Gasteiger partial charge >= 0.3 is 0 Å². The Bertz CT molecular complexity index is 307. The molecule has 1 aliphatic carbocycles. The molecule has 0 heterocycles. The first kappa shape index (κ1) is 11.9. The van der Waals surface area contributed by atoms with E-state index < -0.39 is 0 Å². The molecule has 0 heteroatoms. The summed E-state index contributed by atoms with van der Waals surface area (Å²) >= 11 is 0. The van der Waals surface area contributed by atoms with Crippen molar-refractivity contribution in [2.75, 3.05) is 0 Å². The number of hydrogen-bond donors (Lipinski definition) is 0. The summed E-state index contributed by atoms with van der Waals surface area (Å²) in [5.41, 5.74) is 2.46. The number of terminal acetylenes is 1. The summed E-state index contributed by atoms with van der Waals surface area (Å²) in [6.45, 7) is 4.00. The molecule has 0 nitrogen and oxygen atoms in total. The van der Waals surface area contributed by atoms with Crippen LogP contribution >= 0.6 is 0 Å². The molecule has 0 N–H and O–H groups in total. The Labute approximate surface area is 93.7 Å². The van der Waals surface area contributed by atoms with Crippen molar-refractivity contribution in [1.82, 2.24) is 0 Å². The lowest BCUT2D eigenvalue weighted by Crippen LogP contribution is -1.91. The average Bonchev–Trinajstić information content (AvgIpc) is 2.85. The largest absolute Gasteiger partial charge is 0.115 e. The molecule has 0 aliphatic heterocycles. The van der Waals surface area contributed by atoms with Crippen LogP contribution in [0.25, 0.3) is 0 Å². The van der Waals surface area contributed by atoms with Crippen molar-refractivity contribution < 1.29 is 0 Å². The van der Waals surface area contributed by atoms with Gasteiger partial charge in [0, 0.05) is 5.56 Å². The highest BCUT2D eigenvalue weighted by Crippen LogP contribution is 2.33. The zero-order valence-corrected chi connectivity index (χ0v) is 9.79. The fourth-order valence-electron chi connectivity index (χ4n) is 2.11. The maximum absolute atomic E-state index is 5.30. The summed E-state index contributed by atoms with van der Waals surface area (Å²) in [5.74, 6) is 3.44. The molecule has 1 saturated carbocycles. The van der Waals surface area contributed by atoms with Crippen LogP contribution in [0.5, 0.6) is 0 Å². The van der Waals surface area contributed by atoms with Gasteiger partial charge in [-0.25, -0.2) is 0 Å². The van der Waals surface area contributed by atoms with Crippen LogP contribution < -0.4 is 0 Å². The predicted molar refractivity (Wildman–Crippen MR) is 66.9 cm³/mol. The molecule has 15 heavy (non-hydrogen) atoms. The molecule has 0 spiro atoms. The minimum atomic E-state index is 0.798. The van der Waals surface area contributed by atoms with E-state index >= 15 is 0 Å². The molecular formula is C15H20. The van der Waals surface area contributed by atoms with Gasteiger partial charge in [0.15, 0.2) is 0 Å². The Morgan fingerprint density at radius 1 is 1.07 bits per heavy atom. The highest BCUT2D eigenvalue weighted by molar-refractivity contribution is 5.35. The Morgan fingerprint density at radius 2 is 1.60 bits per heavy atom. The molecule has 1 aromatic rings. The molecule has 1 fully saturated rings. The summed E-state index contributed by atoms with van der Waals surface area (Å²) in [7, 11) is 0. The van der Waals surface area contributed by atoms with Gasteiger partial charge in [0.25, 0.3) is 0 Å². The third-order valence-electron chi connectivity index (χ3n) is 2.90. The van der Waals surface area contributed by atoms with E-state index in [2.05, 4.69) is 18.1 Å². The van der Waals surface area contributed by atoms with Crippen LogP contribution in [0, 0.1) is 12.3 Å². The van der Waals surface area contributed by atoms with Gasteiger partial charge < -0.3 is 0 Å². The molecule has 0 saturated heterocycles. The first-order valence-corrected chi connectivity index (χ1v) is 5.97. The van der Waals surface area contributed by atoms with E-state index in [4.69, 9.17) is 6.42 Å². The van der Waals surface area contributed by atoms with Gasteiger partial charge in [-0.05, 0) is 36.5 Å². The van der Waals surface area contributed by atoms with Gasteiger partial charge in [-0.15, -0.1) is 6.42 Å². The van der Waals surface area contributed by atoms with E-state index in [0.29, 0.717) is 0 Å². The number of rotatable bonds is 1. The topological polar surface area (TPSA) is 0 Å². The highest BCUT2D eigenvalue weighted by Gasteiger charge is 2.16. The number of hydrogen-bond acceptors (Lipinski definition) is 0. The van der Waals surface area contributed by atoms with Crippen LogP contribution in [-0.2, 0) is 0 Å². The Kier molecular flexibility index (Phi) is 4.98. The average molecular weight is 200 g/mol. The minimum absolute atomic E-state index is 0.798. The molecule has 80 valence electrons. The molecule has 0 unspecified atom stereocenters. The molecule has 0 radical (unpaired) electrons. The summed E-state index contributed by atoms with van der Waals surface area (Å²) in [5, 5.41) is 0. The van der Waals surface area contributed by atoms with Crippen molar-refractivity contribution in [3.8, 4) is 12.3 Å². The lowest BCUT2D eigenvalue weighted by Gasteiger charge is -2.08. The van der Waals surface area contributed by atoms with E-state index in [-0.39, 0.29) is 0 Å². The van der Waals surface area contributed by atoms with Crippen LogP contribution in [0.15, 0.2) is 24.3 Å². The van der Waals surface area contributed by atoms with Crippen molar-refractivity contribution in [1.29, 1.82) is 0 Å². The molecular weight excluding hydrogens is 180 g/mol. The van der Waals surface area contributed by atoms with Crippen LogP contribution in [0.3, 0.4) is 0 Å². The second kappa shape index (κ2) is 6.30. The molecule has 0 bridgehead atoms. The summed E-state index contributed by atoms with van der Waals surface area (Å²) in [4.78, 5) is 0. The molecule has 1 aromatic carbocycles. The van der Waals surface area contributed by atoms with Crippen molar-refractivity contribution in [3.05, 3.63) is 35.4 Å². The van der Waals surface area contributed by atoms with E-state index in [1.54, 1.807) is 0 Å². The highest BCUT2D eigenvalue weighted by atomic mass is 14.2. The van der Waals surface area contributed by atoms with Gasteiger partial charge in [-0.2, -0.15) is 0 Å². The second-order valence-electron chi connectivity index (χ2n) is 3.75. The monoisotopic (exact) mass is 200 g/mol. The maximum Gasteiger partial charge on any atom is 0.0242 e. The summed E-state index contributed by atoms with van der Waals surface area (Å²) in [6, 6.07) is 8.47. The third kappa shape index (κ3) is 3.13. The van der Waals surface area contributed by atoms with Gasteiger partial charge in [-0.1, -0.05) is 44.7 Å². The third-order valence-corrected chi connectivity index (χ3v) is 2.90. The Hall–Kier alpha value is -1.22. The van der Waals surface area contributed by atoms with E-state index in [1.165, 1.54) is 31.2 Å². The molecule has 0 atom stereocenters. The molecule has 1 aliphatic rings. The standard InChI is InChI=1S/C13H14.C2H6/c1-2-11-7-9-13(10-8-11)12-5-3-4-6-12;1-2/h1,7-10,12H,3-6H2;1-2H3. The van der Waals surface area contributed by atoms with Crippen LogP contribution in [-0.4, -0.2) is 0 Å². The van der Waals surface area contributed by atoms with E-state index in [1.807, 2.05) is 26.0 Å². The van der Waals surface area contributed by atoms with Gasteiger partial charge in [-0.3, -0.25) is 0 Å². The SMILES string of the molecule is C#Cc1ccc(C2CCCC2)cc1.CC. The first-order chi connectivity index (χ1) is 7.40. The van der Waals surface area contributed by atoms with Crippen molar-refractivity contribution in [2.45, 2.75) is 45.4 Å². The Morgan fingerprint density at radius 3 is 2.07 bits per heavy atom. The smallest absolute Gasteiger partial charge is 0.0242 e. The van der Waals surface area contributed by atoms with E-state index in [9.17, 15) is 0 Å². The van der Waals surface area contributed by atoms with Crippen LogP contribution in [0.2, 0.25) is 0 Å². The van der Waals surface area contributed by atoms with Gasteiger partial charge in [0.2, 0.25) is 0 Å². The van der Waals surface area contributed by atoms with Gasteiger partial charge in [0.1, 0.15) is 0 Å². The molecule has 0 aromatic heterocycles. The predicted octanol–water partition coefficient (Wildman–Crippen LogP) is 4.35. The minimum Gasteiger partial charge on any atom is -0.115 e. The fraction of sp³-hybridized carbons (Fsp3) is 0.467.